The van der Waals surface area contributed by atoms with Gasteiger partial charge in [0.15, 0.2) is 0 Å². The van der Waals surface area contributed by atoms with Crippen molar-refractivity contribution in [1.29, 1.82) is 0 Å². The Morgan fingerprint density at radius 3 is 2.67 bits per heavy atom. The summed E-state index contributed by atoms with van der Waals surface area (Å²) >= 11 is 0. The van der Waals surface area contributed by atoms with E-state index in [4.69, 9.17) is 0 Å². The first-order valence-corrected chi connectivity index (χ1v) is 4.77. The van der Waals surface area contributed by atoms with Gasteiger partial charge in [-0.05, 0) is 37.6 Å². The van der Waals surface area contributed by atoms with Crippen molar-refractivity contribution in [3.05, 3.63) is 47.5 Å². The van der Waals surface area contributed by atoms with E-state index < -0.39 is 0 Å². The molecule has 0 aliphatic carbocycles. The van der Waals surface area contributed by atoms with Crippen LogP contribution in [0.4, 0.5) is 0 Å². The predicted octanol–water partition coefficient (Wildman–Crippen LogP) is 2.30. The van der Waals surface area contributed by atoms with Crippen LogP contribution in [0, 0.1) is 13.8 Å². The quantitative estimate of drug-likeness (QED) is 0.697. The number of carbonyl (C=O) groups excluding carboxylic acids is 1. The van der Waals surface area contributed by atoms with E-state index in [0.29, 0.717) is 0 Å². The molecule has 0 spiro atoms. The van der Waals surface area contributed by atoms with E-state index in [0.717, 1.165) is 28.8 Å². The van der Waals surface area contributed by atoms with E-state index in [2.05, 4.69) is 4.98 Å². The van der Waals surface area contributed by atoms with Crippen molar-refractivity contribution in [2.24, 2.45) is 0 Å². The molecule has 0 N–H and O–H groups in total. The molecule has 0 atom stereocenters. The Morgan fingerprint density at radius 2 is 2.13 bits per heavy atom. The monoisotopic (exact) mass is 200 g/mol. The van der Waals surface area contributed by atoms with Crippen LogP contribution < -0.4 is 0 Å². The fourth-order valence-electron chi connectivity index (χ4n) is 1.52. The first-order chi connectivity index (χ1) is 7.20. The molecule has 0 fully saturated rings. The van der Waals surface area contributed by atoms with Gasteiger partial charge < -0.3 is 4.57 Å². The van der Waals surface area contributed by atoms with Crippen molar-refractivity contribution in [2.75, 3.05) is 0 Å². The smallest absolute Gasteiger partial charge is 0.150 e. The standard InChI is InChI=1S/C12H12N2O/c1-9-5-12(4-3-11(9)7-15)14-6-10(2)13-8-14/h3-8H,1-2H3. The summed E-state index contributed by atoms with van der Waals surface area (Å²) in [5.74, 6) is 0. The van der Waals surface area contributed by atoms with E-state index in [-0.39, 0.29) is 0 Å². The zero-order valence-electron chi connectivity index (χ0n) is 8.77. The first-order valence-electron chi connectivity index (χ1n) is 4.77. The number of hydrogen-bond acceptors (Lipinski definition) is 2. The summed E-state index contributed by atoms with van der Waals surface area (Å²) < 4.78 is 1.94. The van der Waals surface area contributed by atoms with Gasteiger partial charge in [-0.15, -0.1) is 0 Å². The number of aryl methyl sites for hydroxylation is 2. The molecule has 76 valence electrons. The largest absolute Gasteiger partial charge is 0.306 e. The lowest BCUT2D eigenvalue weighted by atomic mass is 10.1. The lowest BCUT2D eigenvalue weighted by Gasteiger charge is -2.04. The number of hydrogen-bond donors (Lipinski definition) is 0. The number of carbonyl (C=O) groups is 1. The predicted molar refractivity (Wildman–Crippen MR) is 58.4 cm³/mol. The molecule has 0 saturated carbocycles. The van der Waals surface area contributed by atoms with Gasteiger partial charge in [-0.2, -0.15) is 0 Å². The molecule has 2 rings (SSSR count). The number of benzene rings is 1. The Morgan fingerprint density at radius 1 is 1.33 bits per heavy atom. The summed E-state index contributed by atoms with van der Waals surface area (Å²) in [6.07, 6.45) is 4.60. The summed E-state index contributed by atoms with van der Waals surface area (Å²) in [5.41, 5.74) is 3.72. The van der Waals surface area contributed by atoms with Crippen LogP contribution in [0.2, 0.25) is 0 Å². The van der Waals surface area contributed by atoms with Crippen molar-refractivity contribution in [1.82, 2.24) is 9.55 Å². The SMILES string of the molecule is Cc1cn(-c2ccc(C=O)c(C)c2)cn1. The van der Waals surface area contributed by atoms with Crippen LogP contribution in [0.1, 0.15) is 21.6 Å². The highest BCUT2D eigenvalue weighted by molar-refractivity contribution is 5.77. The molecular weight excluding hydrogens is 188 g/mol. The molecule has 0 unspecified atom stereocenters. The van der Waals surface area contributed by atoms with Crippen LogP contribution >= 0.6 is 0 Å². The van der Waals surface area contributed by atoms with Gasteiger partial charge in [0.25, 0.3) is 0 Å². The Balaban J connectivity index is 2.46. The highest BCUT2D eigenvalue weighted by Crippen LogP contribution is 2.13. The average Bonchev–Trinajstić information content (AvgIpc) is 2.65. The molecule has 0 aliphatic heterocycles. The normalized spacial score (nSPS) is 10.3. The van der Waals surface area contributed by atoms with E-state index in [1.165, 1.54) is 0 Å². The van der Waals surface area contributed by atoms with Gasteiger partial charge in [0.2, 0.25) is 0 Å². The lowest BCUT2D eigenvalue weighted by molar-refractivity contribution is 0.112. The van der Waals surface area contributed by atoms with Crippen molar-refractivity contribution in [2.45, 2.75) is 13.8 Å². The maximum absolute atomic E-state index is 10.7. The molecule has 15 heavy (non-hydrogen) atoms. The number of imidazole rings is 1. The molecule has 1 heterocycles. The Hall–Kier alpha value is -1.90. The van der Waals surface area contributed by atoms with Crippen LogP contribution in [0.3, 0.4) is 0 Å². The van der Waals surface area contributed by atoms with E-state index in [1.54, 1.807) is 6.33 Å². The van der Waals surface area contributed by atoms with E-state index in [1.807, 2.05) is 42.8 Å². The lowest BCUT2D eigenvalue weighted by Crippen LogP contribution is -1.93. The summed E-state index contributed by atoms with van der Waals surface area (Å²) in [6.45, 7) is 3.88. The van der Waals surface area contributed by atoms with Gasteiger partial charge >= 0.3 is 0 Å². The van der Waals surface area contributed by atoms with Crippen molar-refractivity contribution >= 4 is 6.29 Å². The molecule has 0 amide bonds. The minimum absolute atomic E-state index is 0.732. The highest BCUT2D eigenvalue weighted by Gasteiger charge is 2.01. The third kappa shape index (κ3) is 1.81. The molecule has 0 aliphatic rings. The second-order valence-electron chi connectivity index (χ2n) is 3.58. The minimum atomic E-state index is 0.732. The van der Waals surface area contributed by atoms with Gasteiger partial charge in [-0.1, -0.05) is 0 Å². The van der Waals surface area contributed by atoms with Crippen LogP contribution in [0.25, 0.3) is 5.69 Å². The zero-order chi connectivity index (χ0) is 10.8. The Kier molecular flexibility index (Phi) is 2.37. The molecule has 0 radical (unpaired) electrons. The molecule has 1 aromatic carbocycles. The number of aromatic nitrogens is 2. The molecular formula is C12H12N2O. The Bertz CT molecular complexity index is 500. The van der Waals surface area contributed by atoms with Gasteiger partial charge in [-0.3, -0.25) is 4.79 Å². The minimum Gasteiger partial charge on any atom is -0.306 e. The second-order valence-corrected chi connectivity index (χ2v) is 3.58. The zero-order valence-corrected chi connectivity index (χ0v) is 8.77. The van der Waals surface area contributed by atoms with Crippen molar-refractivity contribution < 1.29 is 4.79 Å². The molecule has 3 nitrogen and oxygen atoms in total. The van der Waals surface area contributed by atoms with Gasteiger partial charge in [0, 0.05) is 17.4 Å². The summed E-state index contributed by atoms with van der Waals surface area (Å²) in [4.78, 5) is 14.8. The maximum Gasteiger partial charge on any atom is 0.150 e. The molecule has 0 saturated heterocycles. The number of aldehydes is 1. The van der Waals surface area contributed by atoms with Crippen molar-refractivity contribution in [3.63, 3.8) is 0 Å². The fraction of sp³-hybridized carbons (Fsp3) is 0.167. The summed E-state index contributed by atoms with van der Waals surface area (Å²) in [6, 6.07) is 5.72. The average molecular weight is 200 g/mol. The van der Waals surface area contributed by atoms with Gasteiger partial charge in [0.1, 0.15) is 6.29 Å². The molecule has 2 aromatic rings. The van der Waals surface area contributed by atoms with E-state index in [9.17, 15) is 4.79 Å². The molecule has 1 aromatic heterocycles. The van der Waals surface area contributed by atoms with E-state index >= 15 is 0 Å². The van der Waals surface area contributed by atoms with Gasteiger partial charge in [0.05, 0.1) is 12.0 Å². The highest BCUT2D eigenvalue weighted by atomic mass is 16.1. The third-order valence-corrected chi connectivity index (χ3v) is 2.39. The second kappa shape index (κ2) is 3.69. The fourth-order valence-corrected chi connectivity index (χ4v) is 1.52. The van der Waals surface area contributed by atoms with Crippen molar-refractivity contribution in [3.8, 4) is 5.69 Å². The third-order valence-electron chi connectivity index (χ3n) is 2.39. The Labute approximate surface area is 88.4 Å². The molecule has 3 heteroatoms. The topological polar surface area (TPSA) is 34.9 Å². The number of rotatable bonds is 2. The van der Waals surface area contributed by atoms with Crippen LogP contribution in [0.15, 0.2) is 30.7 Å². The first kappa shape index (κ1) is 9.65. The van der Waals surface area contributed by atoms with Crippen LogP contribution in [-0.2, 0) is 0 Å². The van der Waals surface area contributed by atoms with Gasteiger partial charge in [-0.25, -0.2) is 4.98 Å². The molecule has 0 bridgehead atoms. The summed E-state index contributed by atoms with van der Waals surface area (Å²) in [7, 11) is 0. The van der Waals surface area contributed by atoms with Crippen LogP contribution in [0.5, 0.6) is 0 Å². The maximum atomic E-state index is 10.7. The summed E-state index contributed by atoms with van der Waals surface area (Å²) in [5, 5.41) is 0. The number of nitrogens with zero attached hydrogens (tertiary/aromatic N) is 2. The van der Waals surface area contributed by atoms with Crippen LogP contribution in [-0.4, -0.2) is 15.8 Å².